The Labute approximate surface area is 185 Å². The molecule has 0 bridgehead atoms. The molecule has 7 heteroatoms. The van der Waals surface area contributed by atoms with Crippen molar-refractivity contribution in [3.63, 3.8) is 0 Å². The van der Waals surface area contributed by atoms with Crippen molar-refractivity contribution < 1.29 is 23.1 Å². The average molecular weight is 449 g/mol. The summed E-state index contributed by atoms with van der Waals surface area (Å²) in [5.74, 6) is -0.837. The highest BCUT2D eigenvalue weighted by atomic mass is 31.2. The van der Waals surface area contributed by atoms with E-state index in [-0.39, 0.29) is 5.75 Å². The molecular formula is C25H21FNO4P. The predicted molar refractivity (Wildman–Crippen MR) is 123 cm³/mol. The summed E-state index contributed by atoms with van der Waals surface area (Å²) < 4.78 is 39.9. The monoisotopic (exact) mass is 449 g/mol. The fourth-order valence-electron chi connectivity index (χ4n) is 3.11. The molecule has 0 radical (unpaired) electrons. The second kappa shape index (κ2) is 9.58. The van der Waals surface area contributed by atoms with Crippen LogP contribution in [0, 0.1) is 5.82 Å². The number of phenolic OH excluding ortho intramolecular Hbond substituents is 1. The smallest absolute Gasteiger partial charge is 0.457 e. The Kier molecular flexibility index (Phi) is 6.43. The van der Waals surface area contributed by atoms with E-state index >= 15 is 0 Å². The topological polar surface area (TPSA) is 67.8 Å². The molecule has 0 aliphatic carbocycles. The van der Waals surface area contributed by atoms with Gasteiger partial charge in [-0.1, -0.05) is 60.7 Å². The van der Waals surface area contributed by atoms with Crippen molar-refractivity contribution in [3.05, 3.63) is 121 Å². The zero-order valence-corrected chi connectivity index (χ0v) is 17.9. The molecule has 4 rings (SSSR count). The second-order valence-electron chi connectivity index (χ2n) is 6.96. The third-order valence-electron chi connectivity index (χ3n) is 4.65. The van der Waals surface area contributed by atoms with Gasteiger partial charge >= 0.3 is 7.60 Å². The summed E-state index contributed by atoms with van der Waals surface area (Å²) in [4.78, 5) is 0. The van der Waals surface area contributed by atoms with Gasteiger partial charge in [0.25, 0.3) is 0 Å². The summed E-state index contributed by atoms with van der Waals surface area (Å²) in [6.45, 7) is 0. The normalized spacial score (nSPS) is 12.0. The molecule has 1 atom stereocenters. The quantitative estimate of drug-likeness (QED) is 0.224. The molecule has 0 heterocycles. The number of benzene rings is 4. The summed E-state index contributed by atoms with van der Waals surface area (Å²) in [5.41, 5.74) is 0.792. The lowest BCUT2D eigenvalue weighted by Crippen LogP contribution is -2.18. The molecule has 0 aliphatic heterocycles. The maximum Gasteiger partial charge on any atom is 0.457 e. The van der Waals surface area contributed by atoms with Gasteiger partial charge in [0.2, 0.25) is 0 Å². The van der Waals surface area contributed by atoms with E-state index in [1.54, 1.807) is 66.7 Å². The minimum atomic E-state index is -4.04. The van der Waals surface area contributed by atoms with Crippen LogP contribution in [0.2, 0.25) is 0 Å². The minimum absolute atomic E-state index is 0.0365. The van der Waals surface area contributed by atoms with Crippen LogP contribution in [0.5, 0.6) is 17.2 Å². The van der Waals surface area contributed by atoms with Gasteiger partial charge in [-0.15, -0.1) is 0 Å². The molecule has 0 spiro atoms. The number of hydrogen-bond acceptors (Lipinski definition) is 5. The Balaban J connectivity index is 1.81. The molecule has 0 aromatic heterocycles. The van der Waals surface area contributed by atoms with Crippen molar-refractivity contribution in [3.8, 4) is 17.2 Å². The first kappa shape index (κ1) is 21.5. The number of hydrogen-bond donors (Lipinski definition) is 2. The molecule has 0 fully saturated rings. The summed E-state index contributed by atoms with van der Waals surface area (Å²) in [7, 11) is -4.04. The van der Waals surface area contributed by atoms with Crippen LogP contribution >= 0.6 is 7.60 Å². The number of para-hydroxylation sites is 4. The third-order valence-corrected chi connectivity index (χ3v) is 6.64. The Morgan fingerprint density at radius 3 is 1.75 bits per heavy atom. The van der Waals surface area contributed by atoms with Crippen molar-refractivity contribution in [2.24, 2.45) is 0 Å². The molecule has 0 saturated heterocycles. The third kappa shape index (κ3) is 5.10. The van der Waals surface area contributed by atoms with Gasteiger partial charge in [0.15, 0.2) is 5.78 Å². The summed E-state index contributed by atoms with van der Waals surface area (Å²) in [5, 5.41) is 13.4. The Bertz CT molecular complexity index is 1160. The largest absolute Gasteiger partial charge is 0.506 e. The fourth-order valence-corrected chi connectivity index (χ4v) is 5.03. The first-order chi connectivity index (χ1) is 15.5. The van der Waals surface area contributed by atoms with E-state index in [0.717, 1.165) is 0 Å². The van der Waals surface area contributed by atoms with Crippen LogP contribution in [0.4, 0.5) is 10.1 Å². The van der Waals surface area contributed by atoms with E-state index in [2.05, 4.69) is 5.32 Å². The molecular weight excluding hydrogens is 428 g/mol. The second-order valence-corrected chi connectivity index (χ2v) is 8.93. The highest BCUT2D eigenvalue weighted by Gasteiger charge is 2.41. The zero-order valence-electron chi connectivity index (χ0n) is 17.0. The van der Waals surface area contributed by atoms with Crippen LogP contribution in [0.3, 0.4) is 0 Å². The summed E-state index contributed by atoms with van der Waals surface area (Å²) in [6, 6.07) is 29.4. The molecule has 1 unspecified atom stereocenters. The molecule has 2 N–H and O–H groups in total. The van der Waals surface area contributed by atoms with Crippen LogP contribution in [-0.4, -0.2) is 5.11 Å². The van der Waals surface area contributed by atoms with Gasteiger partial charge < -0.3 is 19.5 Å². The summed E-state index contributed by atoms with van der Waals surface area (Å²) in [6.07, 6.45) is 0. The highest BCUT2D eigenvalue weighted by molar-refractivity contribution is 7.55. The average Bonchev–Trinajstić information content (AvgIpc) is 2.80. The van der Waals surface area contributed by atoms with Crippen molar-refractivity contribution in [1.82, 2.24) is 0 Å². The van der Waals surface area contributed by atoms with E-state index in [0.29, 0.717) is 22.7 Å². The van der Waals surface area contributed by atoms with Crippen LogP contribution < -0.4 is 14.4 Å². The highest BCUT2D eigenvalue weighted by Crippen LogP contribution is 2.60. The van der Waals surface area contributed by atoms with E-state index in [9.17, 15) is 14.1 Å². The standard InChI is InChI=1S/C25H21FNO4P/c26-20-17-15-19(16-18-20)25(27-23-13-7-8-14-24(23)28)32(29,30-21-9-3-1-4-10-21)31-22-11-5-2-6-12-22/h1-18,25,27-28H. The Morgan fingerprint density at radius 1 is 0.719 bits per heavy atom. The molecule has 5 nitrogen and oxygen atoms in total. The van der Waals surface area contributed by atoms with Gasteiger partial charge in [-0.2, -0.15) is 0 Å². The van der Waals surface area contributed by atoms with Crippen LogP contribution in [0.15, 0.2) is 109 Å². The molecule has 162 valence electrons. The molecule has 0 amide bonds. The van der Waals surface area contributed by atoms with Gasteiger partial charge in [0.05, 0.1) is 5.69 Å². The first-order valence-corrected chi connectivity index (χ1v) is 11.5. The first-order valence-electron chi connectivity index (χ1n) is 9.92. The maximum absolute atomic E-state index is 14.4. The lowest BCUT2D eigenvalue weighted by molar-refractivity contribution is 0.376. The minimum Gasteiger partial charge on any atom is -0.506 e. The predicted octanol–water partition coefficient (Wildman–Crippen LogP) is 6.99. The van der Waals surface area contributed by atoms with Crippen LogP contribution in [0.25, 0.3) is 0 Å². The van der Waals surface area contributed by atoms with E-state index < -0.39 is 19.2 Å². The van der Waals surface area contributed by atoms with Crippen molar-refractivity contribution in [1.29, 1.82) is 0 Å². The number of aromatic hydroxyl groups is 1. The molecule has 0 saturated carbocycles. The van der Waals surface area contributed by atoms with Gasteiger partial charge in [-0.25, -0.2) is 8.96 Å². The Morgan fingerprint density at radius 2 is 1.22 bits per heavy atom. The van der Waals surface area contributed by atoms with Gasteiger partial charge in [0, 0.05) is 0 Å². The van der Waals surface area contributed by atoms with Crippen LogP contribution in [-0.2, 0) is 4.57 Å². The van der Waals surface area contributed by atoms with E-state index in [1.807, 2.05) is 12.1 Å². The number of anilines is 1. The molecule has 4 aromatic carbocycles. The number of halogens is 1. The lowest BCUT2D eigenvalue weighted by Gasteiger charge is -2.29. The maximum atomic E-state index is 14.4. The molecule has 0 aliphatic rings. The number of phenols is 1. The SMILES string of the molecule is O=P(Oc1ccccc1)(Oc1ccccc1)C(Nc1ccccc1O)c1ccc(F)cc1. The van der Waals surface area contributed by atoms with Crippen molar-refractivity contribution >= 4 is 13.3 Å². The number of rotatable bonds is 8. The van der Waals surface area contributed by atoms with Crippen molar-refractivity contribution in [2.45, 2.75) is 5.78 Å². The molecule has 32 heavy (non-hydrogen) atoms. The Hall–Kier alpha value is -3.76. The van der Waals surface area contributed by atoms with Gasteiger partial charge in [-0.3, -0.25) is 0 Å². The van der Waals surface area contributed by atoms with Gasteiger partial charge in [-0.05, 0) is 54.1 Å². The summed E-state index contributed by atoms with van der Waals surface area (Å²) >= 11 is 0. The van der Waals surface area contributed by atoms with E-state index in [4.69, 9.17) is 9.05 Å². The van der Waals surface area contributed by atoms with Gasteiger partial charge in [0.1, 0.15) is 23.1 Å². The van der Waals surface area contributed by atoms with Crippen LogP contribution in [0.1, 0.15) is 11.3 Å². The van der Waals surface area contributed by atoms with Crippen molar-refractivity contribution in [2.75, 3.05) is 5.32 Å². The molecule has 4 aromatic rings. The number of nitrogens with one attached hydrogen (secondary N) is 1. The lowest BCUT2D eigenvalue weighted by atomic mass is 10.2. The zero-order chi connectivity index (χ0) is 22.4. The fraction of sp³-hybridized carbons (Fsp3) is 0.0400. The van der Waals surface area contributed by atoms with E-state index in [1.165, 1.54) is 30.3 Å².